The molecule has 0 spiro atoms. The molecule has 3 aromatic carbocycles. The molecule has 0 unspecified atom stereocenters. The number of aryl methyl sites for hydroxylation is 1. The molecule has 0 saturated carbocycles. The van der Waals surface area contributed by atoms with Crippen LogP contribution in [0.4, 0.5) is 0 Å². The van der Waals surface area contributed by atoms with Crippen molar-refractivity contribution in [3.05, 3.63) is 99.6 Å². The van der Waals surface area contributed by atoms with Crippen molar-refractivity contribution in [1.29, 1.82) is 0 Å². The highest BCUT2D eigenvalue weighted by Gasteiger charge is 2.19. The van der Waals surface area contributed by atoms with Gasteiger partial charge in [-0.1, -0.05) is 60.1 Å². The van der Waals surface area contributed by atoms with Crippen LogP contribution in [0.15, 0.2) is 66.7 Å². The first-order valence-electron chi connectivity index (χ1n) is 8.09. The summed E-state index contributed by atoms with van der Waals surface area (Å²) >= 11 is 6.48. The topological polar surface area (TPSA) is 20.2 Å². The molecule has 0 aliphatic heterocycles. The number of phenolic OH excluding ortho intramolecular Hbond substituents is 1. The van der Waals surface area contributed by atoms with Gasteiger partial charge in [0.1, 0.15) is 5.75 Å². The highest BCUT2D eigenvalue weighted by molar-refractivity contribution is 6.31. The zero-order valence-corrected chi connectivity index (χ0v) is 13.9. The maximum absolute atomic E-state index is 9.78. The Kier molecular flexibility index (Phi) is 3.87. The number of hydrogen-bond acceptors (Lipinski definition) is 1. The van der Waals surface area contributed by atoms with E-state index in [9.17, 15) is 5.11 Å². The summed E-state index contributed by atoms with van der Waals surface area (Å²) in [5.74, 6) is 0.276. The molecule has 0 aromatic heterocycles. The summed E-state index contributed by atoms with van der Waals surface area (Å²) in [6.45, 7) is 0. The second kappa shape index (κ2) is 6.18. The van der Waals surface area contributed by atoms with Crippen molar-refractivity contribution in [1.82, 2.24) is 0 Å². The SMILES string of the molecule is Oc1cccc(C=C2c3ccccc3CCc3c(Cl)cccc32)c1. The predicted octanol–water partition coefficient (Wildman–Crippen LogP) is 5.73. The van der Waals surface area contributed by atoms with E-state index in [2.05, 4.69) is 36.4 Å². The lowest BCUT2D eigenvalue weighted by Gasteiger charge is -2.13. The van der Waals surface area contributed by atoms with Crippen LogP contribution in [-0.4, -0.2) is 5.11 Å². The number of halogens is 1. The molecule has 3 aromatic rings. The van der Waals surface area contributed by atoms with Crippen LogP contribution < -0.4 is 0 Å². The first kappa shape index (κ1) is 15.0. The fourth-order valence-electron chi connectivity index (χ4n) is 3.41. The van der Waals surface area contributed by atoms with Crippen LogP contribution in [0.25, 0.3) is 11.6 Å². The molecule has 118 valence electrons. The van der Waals surface area contributed by atoms with Crippen molar-refractivity contribution in [2.45, 2.75) is 12.8 Å². The molecule has 0 fully saturated rings. The van der Waals surface area contributed by atoms with Gasteiger partial charge in [-0.2, -0.15) is 0 Å². The van der Waals surface area contributed by atoms with E-state index in [0.717, 1.165) is 29.0 Å². The van der Waals surface area contributed by atoms with Crippen molar-refractivity contribution in [3.8, 4) is 5.75 Å². The molecule has 0 amide bonds. The van der Waals surface area contributed by atoms with E-state index >= 15 is 0 Å². The average molecular weight is 333 g/mol. The Balaban J connectivity index is 1.99. The molecule has 0 heterocycles. The molecule has 0 saturated heterocycles. The fourth-order valence-corrected chi connectivity index (χ4v) is 3.68. The van der Waals surface area contributed by atoms with E-state index in [4.69, 9.17) is 11.6 Å². The smallest absolute Gasteiger partial charge is 0.116 e. The third-order valence-electron chi connectivity index (χ3n) is 4.54. The second-order valence-electron chi connectivity index (χ2n) is 6.08. The fraction of sp³-hybridized carbons (Fsp3) is 0.0909. The van der Waals surface area contributed by atoms with Crippen LogP contribution in [0, 0.1) is 0 Å². The molecule has 4 rings (SSSR count). The first-order valence-corrected chi connectivity index (χ1v) is 8.47. The lowest BCUT2D eigenvalue weighted by atomic mass is 9.92. The van der Waals surface area contributed by atoms with Gasteiger partial charge in [0, 0.05) is 5.02 Å². The lowest BCUT2D eigenvalue weighted by molar-refractivity contribution is 0.475. The molecule has 0 bridgehead atoms. The monoisotopic (exact) mass is 332 g/mol. The minimum Gasteiger partial charge on any atom is -0.508 e. The molecule has 0 atom stereocenters. The van der Waals surface area contributed by atoms with Crippen LogP contribution in [-0.2, 0) is 12.8 Å². The number of aromatic hydroxyl groups is 1. The Labute approximate surface area is 146 Å². The molecule has 1 aliphatic carbocycles. The van der Waals surface area contributed by atoms with Gasteiger partial charge in [0.25, 0.3) is 0 Å². The summed E-state index contributed by atoms with van der Waals surface area (Å²) in [5, 5.41) is 10.6. The molecule has 1 aliphatic rings. The Morgan fingerprint density at radius 3 is 2.50 bits per heavy atom. The zero-order chi connectivity index (χ0) is 16.5. The molecule has 24 heavy (non-hydrogen) atoms. The van der Waals surface area contributed by atoms with E-state index in [-0.39, 0.29) is 5.75 Å². The number of hydrogen-bond donors (Lipinski definition) is 1. The van der Waals surface area contributed by atoms with Crippen LogP contribution >= 0.6 is 11.6 Å². The largest absolute Gasteiger partial charge is 0.508 e. The molecular formula is C22H17ClO. The highest BCUT2D eigenvalue weighted by Crippen LogP contribution is 2.37. The van der Waals surface area contributed by atoms with Crippen LogP contribution in [0.1, 0.15) is 27.8 Å². The van der Waals surface area contributed by atoms with Crippen molar-refractivity contribution in [2.75, 3.05) is 0 Å². The van der Waals surface area contributed by atoms with Gasteiger partial charge in [-0.25, -0.2) is 0 Å². The van der Waals surface area contributed by atoms with Crippen molar-refractivity contribution >= 4 is 23.3 Å². The minimum absolute atomic E-state index is 0.276. The molecule has 1 N–H and O–H groups in total. The number of phenols is 1. The van der Waals surface area contributed by atoms with E-state index in [1.54, 1.807) is 12.1 Å². The van der Waals surface area contributed by atoms with E-state index in [1.165, 1.54) is 22.3 Å². The van der Waals surface area contributed by atoms with Gasteiger partial charge in [-0.15, -0.1) is 0 Å². The summed E-state index contributed by atoms with van der Waals surface area (Å²) in [4.78, 5) is 0. The summed E-state index contributed by atoms with van der Waals surface area (Å²) in [6, 6.07) is 22.0. The third kappa shape index (κ3) is 2.72. The summed E-state index contributed by atoms with van der Waals surface area (Å²) in [7, 11) is 0. The lowest BCUT2D eigenvalue weighted by Crippen LogP contribution is -1.93. The summed E-state index contributed by atoms with van der Waals surface area (Å²) in [5.41, 5.74) is 7.08. The third-order valence-corrected chi connectivity index (χ3v) is 4.90. The maximum Gasteiger partial charge on any atom is 0.116 e. The molecule has 1 nitrogen and oxygen atoms in total. The summed E-state index contributed by atoms with van der Waals surface area (Å²) in [6.07, 6.45) is 4.05. The van der Waals surface area contributed by atoms with Gasteiger partial charge in [0.15, 0.2) is 0 Å². The Hall–Kier alpha value is -2.51. The van der Waals surface area contributed by atoms with Crippen LogP contribution in [0.3, 0.4) is 0 Å². The van der Waals surface area contributed by atoms with Crippen molar-refractivity contribution < 1.29 is 5.11 Å². The van der Waals surface area contributed by atoms with Gasteiger partial charge >= 0.3 is 0 Å². The van der Waals surface area contributed by atoms with Gasteiger partial charge in [-0.05, 0) is 70.5 Å². The van der Waals surface area contributed by atoms with Gasteiger partial charge < -0.3 is 5.11 Å². The predicted molar refractivity (Wildman–Crippen MR) is 100 cm³/mol. The van der Waals surface area contributed by atoms with Crippen molar-refractivity contribution in [3.63, 3.8) is 0 Å². The Morgan fingerprint density at radius 1 is 0.833 bits per heavy atom. The Morgan fingerprint density at radius 2 is 1.62 bits per heavy atom. The second-order valence-corrected chi connectivity index (χ2v) is 6.48. The maximum atomic E-state index is 9.78. The van der Waals surface area contributed by atoms with Gasteiger partial charge in [-0.3, -0.25) is 0 Å². The van der Waals surface area contributed by atoms with Crippen LogP contribution in [0.2, 0.25) is 5.02 Å². The highest BCUT2D eigenvalue weighted by atomic mass is 35.5. The average Bonchev–Trinajstić information content (AvgIpc) is 2.74. The van der Waals surface area contributed by atoms with E-state index < -0.39 is 0 Å². The number of benzene rings is 3. The minimum atomic E-state index is 0.276. The number of rotatable bonds is 1. The Bertz CT molecular complexity index is 940. The van der Waals surface area contributed by atoms with Crippen molar-refractivity contribution in [2.24, 2.45) is 0 Å². The summed E-state index contributed by atoms with van der Waals surface area (Å²) < 4.78 is 0. The van der Waals surface area contributed by atoms with E-state index in [0.29, 0.717) is 0 Å². The van der Waals surface area contributed by atoms with Gasteiger partial charge in [0.05, 0.1) is 0 Å². The normalized spacial score (nSPS) is 14.8. The van der Waals surface area contributed by atoms with Gasteiger partial charge in [0.2, 0.25) is 0 Å². The molecule has 2 heteroatoms. The van der Waals surface area contributed by atoms with Crippen LogP contribution in [0.5, 0.6) is 5.75 Å². The molecule has 0 radical (unpaired) electrons. The standard InChI is InChI=1S/C22H17ClO/c23-22-10-4-9-19-20(22)12-11-16-6-1-2-8-18(16)21(19)14-15-5-3-7-17(24)13-15/h1-10,13-14,24H,11-12H2. The zero-order valence-electron chi connectivity index (χ0n) is 13.2. The first-order chi connectivity index (χ1) is 11.7. The number of fused-ring (bicyclic) bond motifs is 2. The van der Waals surface area contributed by atoms with E-state index in [1.807, 2.05) is 24.3 Å². The molecular weight excluding hydrogens is 316 g/mol. The quantitative estimate of drug-likeness (QED) is 0.603.